The van der Waals surface area contributed by atoms with Crippen molar-refractivity contribution in [3.63, 3.8) is 0 Å². The van der Waals surface area contributed by atoms with Crippen LogP contribution in [-0.4, -0.2) is 18.2 Å². The Bertz CT molecular complexity index is 401. The SMILES string of the molecule is COc1cc(Cl)cc(C(C)CC(=O)O)c1C. The number of benzene rings is 1. The fraction of sp³-hybridized carbons (Fsp3) is 0.417. The molecule has 1 unspecified atom stereocenters. The van der Waals surface area contributed by atoms with Crippen LogP contribution in [0.2, 0.25) is 5.02 Å². The number of carboxylic acids is 1. The first-order valence-electron chi connectivity index (χ1n) is 5.01. The summed E-state index contributed by atoms with van der Waals surface area (Å²) in [7, 11) is 1.57. The molecule has 0 aliphatic heterocycles. The van der Waals surface area contributed by atoms with E-state index in [2.05, 4.69) is 0 Å². The van der Waals surface area contributed by atoms with Gasteiger partial charge in [-0.15, -0.1) is 0 Å². The van der Waals surface area contributed by atoms with Crippen LogP contribution in [0.4, 0.5) is 0 Å². The monoisotopic (exact) mass is 242 g/mol. The third-order valence-electron chi connectivity index (χ3n) is 2.60. The predicted octanol–water partition coefficient (Wildman–Crippen LogP) is 3.24. The molecule has 3 nitrogen and oxygen atoms in total. The largest absolute Gasteiger partial charge is 0.496 e. The van der Waals surface area contributed by atoms with Crippen LogP contribution >= 0.6 is 11.6 Å². The molecule has 0 radical (unpaired) electrons. The Morgan fingerprint density at radius 1 is 1.56 bits per heavy atom. The first-order chi connectivity index (χ1) is 7.45. The van der Waals surface area contributed by atoms with Crippen LogP contribution in [0.15, 0.2) is 12.1 Å². The van der Waals surface area contributed by atoms with Gasteiger partial charge < -0.3 is 9.84 Å². The summed E-state index contributed by atoms with van der Waals surface area (Å²) >= 11 is 5.95. The number of hydrogen-bond donors (Lipinski definition) is 1. The van der Waals surface area contributed by atoms with Crippen molar-refractivity contribution in [1.82, 2.24) is 0 Å². The molecule has 0 heterocycles. The van der Waals surface area contributed by atoms with Gasteiger partial charge in [0, 0.05) is 5.02 Å². The summed E-state index contributed by atoms with van der Waals surface area (Å²) in [5.74, 6) is -0.198. The van der Waals surface area contributed by atoms with Crippen molar-refractivity contribution >= 4 is 17.6 Å². The van der Waals surface area contributed by atoms with Gasteiger partial charge in [-0.3, -0.25) is 4.79 Å². The zero-order chi connectivity index (χ0) is 12.3. The van der Waals surface area contributed by atoms with Gasteiger partial charge in [0.2, 0.25) is 0 Å². The van der Waals surface area contributed by atoms with Gasteiger partial charge >= 0.3 is 5.97 Å². The summed E-state index contributed by atoms with van der Waals surface area (Å²) < 4.78 is 5.19. The van der Waals surface area contributed by atoms with E-state index in [0.717, 1.165) is 11.1 Å². The van der Waals surface area contributed by atoms with Gasteiger partial charge in [-0.2, -0.15) is 0 Å². The van der Waals surface area contributed by atoms with E-state index >= 15 is 0 Å². The molecule has 0 fully saturated rings. The predicted molar refractivity (Wildman–Crippen MR) is 63.4 cm³/mol. The van der Waals surface area contributed by atoms with Crippen LogP contribution in [-0.2, 0) is 4.79 Å². The van der Waals surface area contributed by atoms with Crippen LogP contribution in [0.25, 0.3) is 0 Å². The first kappa shape index (κ1) is 12.8. The molecule has 88 valence electrons. The lowest BCUT2D eigenvalue weighted by Crippen LogP contribution is -2.05. The molecule has 0 bridgehead atoms. The van der Waals surface area contributed by atoms with Crippen molar-refractivity contribution in [3.05, 3.63) is 28.3 Å². The second-order valence-corrected chi connectivity index (χ2v) is 4.26. The minimum absolute atomic E-state index is 0.0786. The highest BCUT2D eigenvalue weighted by Crippen LogP contribution is 2.32. The zero-order valence-electron chi connectivity index (χ0n) is 9.58. The summed E-state index contributed by atoms with van der Waals surface area (Å²) in [6, 6.07) is 3.53. The van der Waals surface area contributed by atoms with E-state index in [0.29, 0.717) is 10.8 Å². The molecule has 0 spiro atoms. The Morgan fingerprint density at radius 2 is 2.19 bits per heavy atom. The quantitative estimate of drug-likeness (QED) is 0.882. The average Bonchev–Trinajstić information content (AvgIpc) is 2.19. The molecule has 1 atom stereocenters. The topological polar surface area (TPSA) is 46.5 Å². The van der Waals surface area contributed by atoms with Gasteiger partial charge in [-0.1, -0.05) is 18.5 Å². The molecule has 1 aromatic rings. The van der Waals surface area contributed by atoms with Crippen molar-refractivity contribution in [1.29, 1.82) is 0 Å². The molecule has 1 N–H and O–H groups in total. The maximum Gasteiger partial charge on any atom is 0.303 e. The third-order valence-corrected chi connectivity index (χ3v) is 2.81. The molecule has 1 aromatic carbocycles. The Kier molecular flexibility index (Phi) is 4.19. The van der Waals surface area contributed by atoms with Gasteiger partial charge in [0.15, 0.2) is 0 Å². The summed E-state index contributed by atoms with van der Waals surface area (Å²) in [5.41, 5.74) is 1.87. The highest BCUT2D eigenvalue weighted by molar-refractivity contribution is 6.30. The summed E-state index contributed by atoms with van der Waals surface area (Å²) in [6.07, 6.45) is 0.0876. The number of methoxy groups -OCH3 is 1. The molecule has 0 aromatic heterocycles. The van der Waals surface area contributed by atoms with E-state index in [1.54, 1.807) is 19.2 Å². The molecule has 0 aliphatic rings. The Hall–Kier alpha value is -1.22. The number of hydrogen-bond acceptors (Lipinski definition) is 2. The lowest BCUT2D eigenvalue weighted by atomic mass is 9.93. The van der Waals surface area contributed by atoms with Crippen molar-refractivity contribution < 1.29 is 14.6 Å². The molecule has 0 saturated heterocycles. The smallest absolute Gasteiger partial charge is 0.303 e. The Morgan fingerprint density at radius 3 is 2.69 bits per heavy atom. The number of rotatable bonds is 4. The number of aliphatic carboxylic acids is 1. The molecular formula is C12H15ClO3. The molecule has 0 amide bonds. The van der Waals surface area contributed by atoms with E-state index in [-0.39, 0.29) is 12.3 Å². The maximum atomic E-state index is 10.7. The highest BCUT2D eigenvalue weighted by atomic mass is 35.5. The van der Waals surface area contributed by atoms with Gasteiger partial charge in [-0.25, -0.2) is 0 Å². The number of carboxylic acid groups (broad SMARTS) is 1. The molecule has 0 saturated carbocycles. The standard InChI is InChI=1S/C12H15ClO3/c1-7(4-12(14)15)10-5-9(13)6-11(16-3)8(10)2/h5-7H,4H2,1-3H3,(H,14,15). The molecular weight excluding hydrogens is 228 g/mol. The van der Waals surface area contributed by atoms with Crippen LogP contribution in [0.3, 0.4) is 0 Å². The molecule has 4 heteroatoms. The summed E-state index contributed by atoms with van der Waals surface area (Å²) in [6.45, 7) is 3.77. The van der Waals surface area contributed by atoms with E-state index in [1.807, 2.05) is 13.8 Å². The number of halogens is 1. The summed E-state index contributed by atoms with van der Waals surface area (Å²) in [4.78, 5) is 10.7. The highest BCUT2D eigenvalue weighted by Gasteiger charge is 2.15. The van der Waals surface area contributed by atoms with E-state index in [9.17, 15) is 4.79 Å². The minimum Gasteiger partial charge on any atom is -0.496 e. The van der Waals surface area contributed by atoms with Crippen molar-refractivity contribution in [2.75, 3.05) is 7.11 Å². The van der Waals surface area contributed by atoms with E-state index in [1.165, 1.54) is 0 Å². The Balaban J connectivity index is 3.12. The van der Waals surface area contributed by atoms with Crippen LogP contribution < -0.4 is 4.74 Å². The van der Waals surface area contributed by atoms with Crippen LogP contribution in [0.5, 0.6) is 5.75 Å². The molecule has 16 heavy (non-hydrogen) atoms. The van der Waals surface area contributed by atoms with Gasteiger partial charge in [0.1, 0.15) is 5.75 Å². The van der Waals surface area contributed by atoms with Crippen LogP contribution in [0, 0.1) is 6.92 Å². The van der Waals surface area contributed by atoms with Crippen molar-refractivity contribution in [2.24, 2.45) is 0 Å². The lowest BCUT2D eigenvalue weighted by Gasteiger charge is -2.16. The first-order valence-corrected chi connectivity index (χ1v) is 5.39. The van der Waals surface area contributed by atoms with E-state index < -0.39 is 5.97 Å². The number of carbonyl (C=O) groups is 1. The lowest BCUT2D eigenvalue weighted by molar-refractivity contribution is -0.137. The van der Waals surface area contributed by atoms with Crippen molar-refractivity contribution in [3.8, 4) is 5.75 Å². The summed E-state index contributed by atoms with van der Waals surface area (Å²) in [5, 5.41) is 9.33. The Labute approximate surface area is 100.0 Å². The van der Waals surface area contributed by atoms with Gasteiger partial charge in [-0.05, 0) is 36.1 Å². The second kappa shape index (κ2) is 5.21. The third kappa shape index (κ3) is 2.89. The normalized spacial score (nSPS) is 12.2. The minimum atomic E-state index is -0.814. The zero-order valence-corrected chi connectivity index (χ0v) is 10.3. The number of ether oxygens (including phenoxy) is 1. The fourth-order valence-corrected chi connectivity index (χ4v) is 1.99. The fourth-order valence-electron chi connectivity index (χ4n) is 1.77. The molecule has 0 aliphatic carbocycles. The van der Waals surface area contributed by atoms with Crippen LogP contribution in [0.1, 0.15) is 30.4 Å². The van der Waals surface area contributed by atoms with E-state index in [4.69, 9.17) is 21.4 Å². The molecule has 1 rings (SSSR count). The van der Waals surface area contributed by atoms with Crippen molar-refractivity contribution in [2.45, 2.75) is 26.2 Å². The average molecular weight is 243 g/mol. The maximum absolute atomic E-state index is 10.7. The second-order valence-electron chi connectivity index (χ2n) is 3.82. The van der Waals surface area contributed by atoms with Gasteiger partial charge in [0.05, 0.1) is 13.5 Å². The van der Waals surface area contributed by atoms with Gasteiger partial charge in [0.25, 0.3) is 0 Å².